The molecular formula is C21H21FN4O2. The van der Waals surface area contributed by atoms with Crippen molar-refractivity contribution >= 4 is 11.6 Å². The van der Waals surface area contributed by atoms with E-state index in [2.05, 4.69) is 10.4 Å². The fourth-order valence-corrected chi connectivity index (χ4v) is 2.67. The second-order valence-electron chi connectivity index (χ2n) is 6.48. The van der Waals surface area contributed by atoms with Crippen LogP contribution in [0.15, 0.2) is 65.5 Å². The summed E-state index contributed by atoms with van der Waals surface area (Å²) in [5.41, 5.74) is 2.55. The number of anilines is 1. The van der Waals surface area contributed by atoms with Crippen LogP contribution in [-0.4, -0.2) is 36.3 Å². The summed E-state index contributed by atoms with van der Waals surface area (Å²) in [5.74, 6) is -0.550. The molecule has 1 aromatic heterocycles. The van der Waals surface area contributed by atoms with Gasteiger partial charge in [0, 0.05) is 43.5 Å². The highest BCUT2D eigenvalue weighted by molar-refractivity contribution is 5.94. The molecule has 1 amide bonds. The number of rotatable bonds is 6. The minimum atomic E-state index is -0.335. The number of benzene rings is 2. The standard InChI is InChI=1S/C21H21FN4O2/c1-25(2)18-9-5-16(6-10-18)21(28)23-13-14-26-20(27)12-11-19(24-26)15-3-7-17(22)8-4-15/h3-12H,13-14H2,1-2H3,(H,23,28). The molecule has 0 spiro atoms. The van der Waals surface area contributed by atoms with Crippen LogP contribution in [0.1, 0.15) is 10.4 Å². The van der Waals surface area contributed by atoms with Crippen molar-refractivity contribution in [2.24, 2.45) is 0 Å². The summed E-state index contributed by atoms with van der Waals surface area (Å²) in [7, 11) is 3.86. The number of halogens is 1. The second-order valence-corrected chi connectivity index (χ2v) is 6.48. The first-order valence-electron chi connectivity index (χ1n) is 8.84. The summed E-state index contributed by atoms with van der Waals surface area (Å²) < 4.78 is 14.4. The zero-order valence-electron chi connectivity index (χ0n) is 15.7. The van der Waals surface area contributed by atoms with Crippen molar-refractivity contribution in [1.29, 1.82) is 0 Å². The van der Waals surface area contributed by atoms with Crippen LogP contribution in [-0.2, 0) is 6.54 Å². The van der Waals surface area contributed by atoms with Gasteiger partial charge >= 0.3 is 0 Å². The number of carbonyl (C=O) groups is 1. The van der Waals surface area contributed by atoms with E-state index in [1.54, 1.807) is 30.3 Å². The molecule has 7 heteroatoms. The number of nitrogens with one attached hydrogen (secondary N) is 1. The highest BCUT2D eigenvalue weighted by Gasteiger charge is 2.07. The molecule has 0 unspecified atom stereocenters. The maximum atomic E-state index is 13.1. The molecule has 0 radical (unpaired) electrons. The topological polar surface area (TPSA) is 67.2 Å². The molecule has 3 aromatic rings. The predicted octanol–water partition coefficient (Wildman–Crippen LogP) is 2.55. The van der Waals surface area contributed by atoms with E-state index < -0.39 is 0 Å². The van der Waals surface area contributed by atoms with Crippen molar-refractivity contribution in [2.45, 2.75) is 6.54 Å². The van der Waals surface area contributed by atoms with Crippen LogP contribution in [0.2, 0.25) is 0 Å². The zero-order valence-corrected chi connectivity index (χ0v) is 15.7. The van der Waals surface area contributed by atoms with Gasteiger partial charge in [-0.15, -0.1) is 0 Å². The van der Waals surface area contributed by atoms with E-state index in [9.17, 15) is 14.0 Å². The molecule has 0 aliphatic heterocycles. The lowest BCUT2D eigenvalue weighted by atomic mass is 10.1. The molecule has 6 nitrogen and oxygen atoms in total. The van der Waals surface area contributed by atoms with Crippen LogP contribution in [0, 0.1) is 5.82 Å². The Balaban J connectivity index is 1.64. The normalized spacial score (nSPS) is 10.5. The highest BCUT2D eigenvalue weighted by Crippen LogP contribution is 2.15. The summed E-state index contributed by atoms with van der Waals surface area (Å²) in [6, 6.07) is 16.1. The summed E-state index contributed by atoms with van der Waals surface area (Å²) >= 11 is 0. The Hall–Kier alpha value is -3.48. The molecule has 0 saturated carbocycles. The molecule has 0 saturated heterocycles. The molecule has 144 valence electrons. The third-order valence-corrected chi connectivity index (χ3v) is 4.26. The van der Waals surface area contributed by atoms with Crippen LogP contribution >= 0.6 is 0 Å². The first kappa shape index (κ1) is 19.3. The number of amides is 1. The molecular weight excluding hydrogens is 359 g/mol. The smallest absolute Gasteiger partial charge is 0.266 e. The van der Waals surface area contributed by atoms with E-state index in [1.807, 2.05) is 31.1 Å². The molecule has 3 rings (SSSR count). The fourth-order valence-electron chi connectivity index (χ4n) is 2.67. The van der Waals surface area contributed by atoms with Gasteiger partial charge in [0.15, 0.2) is 0 Å². The van der Waals surface area contributed by atoms with Gasteiger partial charge < -0.3 is 10.2 Å². The van der Waals surface area contributed by atoms with Crippen LogP contribution < -0.4 is 15.8 Å². The lowest BCUT2D eigenvalue weighted by Crippen LogP contribution is -2.32. The van der Waals surface area contributed by atoms with Crippen LogP contribution in [0.25, 0.3) is 11.3 Å². The Labute approximate surface area is 162 Å². The third kappa shape index (κ3) is 4.62. The number of hydrogen-bond donors (Lipinski definition) is 1. The van der Waals surface area contributed by atoms with Gasteiger partial charge in [-0.25, -0.2) is 9.07 Å². The Kier molecular flexibility index (Phi) is 5.84. The van der Waals surface area contributed by atoms with Gasteiger partial charge in [0.25, 0.3) is 11.5 Å². The van der Waals surface area contributed by atoms with E-state index in [0.29, 0.717) is 16.8 Å². The first-order valence-corrected chi connectivity index (χ1v) is 8.84. The monoisotopic (exact) mass is 380 g/mol. The summed E-state index contributed by atoms with van der Waals surface area (Å²) in [6.07, 6.45) is 0. The van der Waals surface area contributed by atoms with Crippen LogP contribution in [0.4, 0.5) is 10.1 Å². The van der Waals surface area contributed by atoms with Crippen molar-refractivity contribution in [3.63, 3.8) is 0 Å². The largest absolute Gasteiger partial charge is 0.378 e. The second kappa shape index (κ2) is 8.47. The van der Waals surface area contributed by atoms with Crippen molar-refractivity contribution in [3.8, 4) is 11.3 Å². The molecule has 0 aliphatic carbocycles. The average Bonchev–Trinajstić information content (AvgIpc) is 2.70. The highest BCUT2D eigenvalue weighted by atomic mass is 19.1. The molecule has 0 bridgehead atoms. The molecule has 0 aliphatic rings. The molecule has 28 heavy (non-hydrogen) atoms. The number of aromatic nitrogens is 2. The van der Waals surface area contributed by atoms with E-state index in [-0.39, 0.29) is 30.4 Å². The summed E-state index contributed by atoms with van der Waals surface area (Å²) in [6.45, 7) is 0.490. The quantitative estimate of drug-likeness (QED) is 0.714. The van der Waals surface area contributed by atoms with Crippen LogP contribution in [0.5, 0.6) is 0 Å². The molecule has 1 heterocycles. The van der Waals surface area contributed by atoms with Crippen molar-refractivity contribution in [3.05, 3.63) is 82.4 Å². The number of nitrogens with zero attached hydrogens (tertiary/aromatic N) is 3. The average molecular weight is 380 g/mol. The summed E-state index contributed by atoms with van der Waals surface area (Å²) in [4.78, 5) is 26.2. The molecule has 0 atom stereocenters. The minimum Gasteiger partial charge on any atom is -0.378 e. The lowest BCUT2D eigenvalue weighted by Gasteiger charge is -2.13. The van der Waals surface area contributed by atoms with Gasteiger partial charge in [-0.05, 0) is 54.6 Å². The van der Waals surface area contributed by atoms with Gasteiger partial charge in [-0.3, -0.25) is 9.59 Å². The lowest BCUT2D eigenvalue weighted by molar-refractivity contribution is 0.0952. The zero-order chi connectivity index (χ0) is 20.1. The predicted molar refractivity (Wildman–Crippen MR) is 107 cm³/mol. The Bertz CT molecular complexity index is 1010. The van der Waals surface area contributed by atoms with Gasteiger partial charge in [0.05, 0.1) is 12.2 Å². The number of carbonyl (C=O) groups excluding carboxylic acids is 1. The van der Waals surface area contributed by atoms with Crippen molar-refractivity contribution in [1.82, 2.24) is 15.1 Å². The van der Waals surface area contributed by atoms with E-state index in [1.165, 1.54) is 22.9 Å². The SMILES string of the molecule is CN(C)c1ccc(C(=O)NCCn2nc(-c3ccc(F)cc3)ccc2=O)cc1. The van der Waals surface area contributed by atoms with Gasteiger partial charge in [-0.2, -0.15) is 5.10 Å². The van der Waals surface area contributed by atoms with Gasteiger partial charge in [0.2, 0.25) is 0 Å². The van der Waals surface area contributed by atoms with Gasteiger partial charge in [-0.1, -0.05) is 0 Å². The Morgan fingerprint density at radius 3 is 2.36 bits per heavy atom. The fraction of sp³-hybridized carbons (Fsp3) is 0.190. The maximum Gasteiger partial charge on any atom is 0.266 e. The molecule has 2 aromatic carbocycles. The van der Waals surface area contributed by atoms with E-state index in [4.69, 9.17) is 0 Å². The minimum absolute atomic E-state index is 0.215. The molecule has 1 N–H and O–H groups in total. The third-order valence-electron chi connectivity index (χ3n) is 4.26. The maximum absolute atomic E-state index is 13.1. The Morgan fingerprint density at radius 2 is 1.71 bits per heavy atom. The van der Waals surface area contributed by atoms with E-state index >= 15 is 0 Å². The first-order chi connectivity index (χ1) is 13.4. The Morgan fingerprint density at radius 1 is 1.04 bits per heavy atom. The summed E-state index contributed by atoms with van der Waals surface area (Å²) in [5, 5.41) is 7.09. The molecule has 0 fully saturated rings. The van der Waals surface area contributed by atoms with Crippen molar-refractivity contribution < 1.29 is 9.18 Å². The van der Waals surface area contributed by atoms with Crippen molar-refractivity contribution in [2.75, 3.05) is 25.5 Å². The van der Waals surface area contributed by atoms with E-state index in [0.717, 1.165) is 5.69 Å². The number of hydrogen-bond acceptors (Lipinski definition) is 4. The van der Waals surface area contributed by atoms with Crippen LogP contribution in [0.3, 0.4) is 0 Å². The van der Waals surface area contributed by atoms with Gasteiger partial charge in [0.1, 0.15) is 5.82 Å².